The predicted octanol–water partition coefficient (Wildman–Crippen LogP) is 4.98. The second-order valence-electron chi connectivity index (χ2n) is 6.57. The normalized spacial score (nSPS) is 12.2. The third-order valence-corrected chi connectivity index (χ3v) is 5.52. The zero-order valence-corrected chi connectivity index (χ0v) is 18.5. The van der Waals surface area contributed by atoms with Crippen LogP contribution in [0, 0.1) is 0 Å². The maximum atomic E-state index is 12.8. The van der Waals surface area contributed by atoms with Gasteiger partial charge >= 0.3 is 12.1 Å². The number of carbonyl (C=O) groups is 3. The number of ketones is 2. The molecule has 0 radical (unpaired) electrons. The molecule has 32 heavy (non-hydrogen) atoms. The number of hydrogen-bond acceptors (Lipinski definition) is 6. The van der Waals surface area contributed by atoms with E-state index in [9.17, 15) is 32.1 Å². The molecule has 2 rings (SSSR count). The van der Waals surface area contributed by atoms with Gasteiger partial charge in [0.2, 0.25) is 0 Å². The van der Waals surface area contributed by atoms with Crippen LogP contribution in [0.15, 0.2) is 41.3 Å². The van der Waals surface area contributed by atoms with E-state index < -0.39 is 46.9 Å². The summed E-state index contributed by atoms with van der Waals surface area (Å²) in [5, 5.41) is -0.288. The number of hydrogen-bond donors (Lipinski definition) is 0. The number of halogens is 4. The van der Waals surface area contributed by atoms with Crippen molar-refractivity contribution in [2.24, 2.45) is 0 Å². The van der Waals surface area contributed by atoms with E-state index in [1.54, 1.807) is 0 Å². The van der Waals surface area contributed by atoms with Crippen LogP contribution in [-0.2, 0) is 31.7 Å². The van der Waals surface area contributed by atoms with Crippen LogP contribution in [0.2, 0.25) is 5.02 Å². The molecule has 1 unspecified atom stereocenters. The highest BCUT2D eigenvalue weighted by molar-refractivity contribution is 7.90. The van der Waals surface area contributed by atoms with E-state index >= 15 is 0 Å². The smallest absolute Gasteiger partial charge is 0.416 e. The molecular formula is C21H18ClF3O6S. The fourth-order valence-corrected chi connectivity index (χ4v) is 3.60. The predicted molar refractivity (Wildman–Crippen MR) is 111 cm³/mol. The van der Waals surface area contributed by atoms with Gasteiger partial charge in [0, 0.05) is 12.8 Å². The average molecular weight is 491 g/mol. The number of alkyl halides is 3. The highest BCUT2D eigenvalue weighted by Crippen LogP contribution is 2.37. The van der Waals surface area contributed by atoms with E-state index in [-0.39, 0.29) is 39.8 Å². The molecule has 0 heterocycles. The van der Waals surface area contributed by atoms with Crippen LogP contribution >= 0.6 is 11.6 Å². The summed E-state index contributed by atoms with van der Waals surface area (Å²) in [6, 6.07) is 6.61. The van der Waals surface area contributed by atoms with Crippen LogP contribution in [0.1, 0.15) is 35.2 Å². The third kappa shape index (κ3) is 6.98. The number of esters is 1. The quantitative estimate of drug-likeness (QED) is 0.213. The molecule has 0 aromatic heterocycles. The van der Waals surface area contributed by atoms with Crippen LogP contribution in [0.4, 0.5) is 13.2 Å². The number of rotatable bonds is 9. The second kappa shape index (κ2) is 10.8. The molecule has 0 saturated carbocycles. The van der Waals surface area contributed by atoms with Gasteiger partial charge in [-0.25, -0.2) is 0 Å². The largest absolute Gasteiger partial charge is 0.612 e. The highest BCUT2D eigenvalue weighted by Gasteiger charge is 2.31. The second-order valence-corrected chi connectivity index (χ2v) is 8.33. The molecule has 0 aliphatic carbocycles. The van der Waals surface area contributed by atoms with Crippen LogP contribution in [0.5, 0.6) is 11.5 Å². The van der Waals surface area contributed by atoms with Gasteiger partial charge in [-0.15, -0.1) is 0 Å². The Balaban J connectivity index is 2.23. The van der Waals surface area contributed by atoms with Crippen LogP contribution in [-0.4, -0.2) is 35.5 Å². The maximum absolute atomic E-state index is 12.8. The summed E-state index contributed by atoms with van der Waals surface area (Å²) in [6.07, 6.45) is -4.14. The Labute approximate surface area is 189 Å². The summed E-state index contributed by atoms with van der Waals surface area (Å²) in [5.74, 6) is -1.73. The fraction of sp³-hybridized carbons (Fsp3) is 0.286. The van der Waals surface area contributed by atoms with Crippen LogP contribution < -0.4 is 4.74 Å². The summed E-state index contributed by atoms with van der Waals surface area (Å²) in [6.45, 7) is 0. The molecule has 172 valence electrons. The van der Waals surface area contributed by atoms with Gasteiger partial charge in [-0.05, 0) is 47.6 Å². The lowest BCUT2D eigenvalue weighted by atomic mass is 10.0. The Hall–Kier alpha value is -2.56. The Bertz CT molecular complexity index is 1020. The van der Waals surface area contributed by atoms with Gasteiger partial charge in [0.05, 0.1) is 23.3 Å². The molecule has 2 aromatic carbocycles. The number of carbonyl (C=O) groups excluding carboxylic acids is 3. The first-order valence-electron chi connectivity index (χ1n) is 9.06. The summed E-state index contributed by atoms with van der Waals surface area (Å²) in [4.78, 5) is 35.8. The van der Waals surface area contributed by atoms with E-state index in [2.05, 4.69) is 4.74 Å². The summed E-state index contributed by atoms with van der Waals surface area (Å²) < 4.78 is 60.3. The molecule has 0 aliphatic heterocycles. The van der Waals surface area contributed by atoms with Gasteiger partial charge in [0.25, 0.3) is 0 Å². The van der Waals surface area contributed by atoms with Crippen molar-refractivity contribution in [1.29, 1.82) is 0 Å². The Morgan fingerprint density at radius 1 is 1.09 bits per heavy atom. The van der Waals surface area contributed by atoms with Crippen LogP contribution in [0.3, 0.4) is 0 Å². The Morgan fingerprint density at radius 2 is 1.78 bits per heavy atom. The molecule has 0 saturated heterocycles. The van der Waals surface area contributed by atoms with Gasteiger partial charge in [-0.1, -0.05) is 11.6 Å². The molecule has 6 nitrogen and oxygen atoms in total. The molecule has 11 heteroatoms. The lowest BCUT2D eigenvalue weighted by molar-refractivity contribution is -0.143. The van der Waals surface area contributed by atoms with Crippen molar-refractivity contribution in [3.8, 4) is 11.5 Å². The van der Waals surface area contributed by atoms with Crippen molar-refractivity contribution < 1.29 is 41.6 Å². The fourth-order valence-electron chi connectivity index (χ4n) is 2.64. The number of methoxy groups -OCH3 is 1. The van der Waals surface area contributed by atoms with Crippen molar-refractivity contribution >= 4 is 40.3 Å². The molecule has 0 bridgehead atoms. The van der Waals surface area contributed by atoms with E-state index in [1.165, 1.54) is 24.5 Å². The Kier molecular flexibility index (Phi) is 8.71. The number of Topliss-reactive ketones (excluding diaryl/α,β-unsaturated/α-hetero) is 2. The van der Waals surface area contributed by atoms with E-state index in [0.29, 0.717) is 6.07 Å². The SMILES string of the molecule is COC(=O)CC(=O)CCC(=O)c1cc(Oc2ccc(C(F)(F)F)cc2Cl)ccc1[S+](C)[O-]. The first kappa shape index (κ1) is 25.7. The Morgan fingerprint density at radius 3 is 2.34 bits per heavy atom. The monoisotopic (exact) mass is 490 g/mol. The van der Waals surface area contributed by atoms with E-state index in [0.717, 1.165) is 19.2 Å². The van der Waals surface area contributed by atoms with Crippen molar-refractivity contribution in [2.45, 2.75) is 30.3 Å². The third-order valence-electron chi connectivity index (χ3n) is 4.25. The van der Waals surface area contributed by atoms with Gasteiger partial charge in [0.15, 0.2) is 10.7 Å². The van der Waals surface area contributed by atoms with Gasteiger partial charge in [0.1, 0.15) is 30.0 Å². The lowest BCUT2D eigenvalue weighted by Gasteiger charge is -2.14. The van der Waals surface area contributed by atoms with Crippen molar-refractivity contribution in [2.75, 3.05) is 13.4 Å². The first-order chi connectivity index (χ1) is 14.9. The minimum Gasteiger partial charge on any atom is -0.612 e. The maximum Gasteiger partial charge on any atom is 0.416 e. The summed E-state index contributed by atoms with van der Waals surface area (Å²) in [5.41, 5.74) is -0.920. The standard InChI is InChI=1S/C21H18ClF3O6S/c1-30-20(28)10-13(26)4-6-17(27)15-11-14(5-8-19(15)32(2)29)31-18-7-3-12(9-16(18)22)21(23,24)25/h3,5,7-9,11H,4,6,10H2,1-2H3. The molecule has 0 fully saturated rings. The molecule has 2 aromatic rings. The molecular weight excluding hydrogens is 473 g/mol. The van der Waals surface area contributed by atoms with Gasteiger partial charge in [-0.3, -0.25) is 14.4 Å². The number of benzene rings is 2. The zero-order chi connectivity index (χ0) is 24.1. The molecule has 0 spiro atoms. The lowest BCUT2D eigenvalue weighted by Crippen LogP contribution is -2.13. The minimum absolute atomic E-state index is 0.0252. The summed E-state index contributed by atoms with van der Waals surface area (Å²) >= 11 is 4.35. The highest BCUT2D eigenvalue weighted by atomic mass is 35.5. The van der Waals surface area contributed by atoms with Crippen LogP contribution in [0.25, 0.3) is 0 Å². The van der Waals surface area contributed by atoms with Crippen molar-refractivity contribution in [3.63, 3.8) is 0 Å². The molecule has 0 aliphatic rings. The molecule has 0 N–H and O–H groups in total. The molecule has 1 atom stereocenters. The van der Waals surface area contributed by atoms with Crippen molar-refractivity contribution in [1.82, 2.24) is 0 Å². The zero-order valence-electron chi connectivity index (χ0n) is 17.0. The molecule has 0 amide bonds. The minimum atomic E-state index is -4.57. The van der Waals surface area contributed by atoms with E-state index in [4.69, 9.17) is 16.3 Å². The van der Waals surface area contributed by atoms with E-state index in [1.807, 2.05) is 0 Å². The summed E-state index contributed by atoms with van der Waals surface area (Å²) in [7, 11) is 1.14. The first-order valence-corrected chi connectivity index (χ1v) is 11.0. The van der Waals surface area contributed by atoms with Gasteiger partial charge in [-0.2, -0.15) is 13.2 Å². The number of ether oxygens (including phenoxy) is 2. The topological polar surface area (TPSA) is 92.7 Å². The van der Waals surface area contributed by atoms with Gasteiger partial charge < -0.3 is 14.0 Å². The average Bonchev–Trinajstić information content (AvgIpc) is 2.72. The van der Waals surface area contributed by atoms with Crippen molar-refractivity contribution in [3.05, 3.63) is 52.5 Å².